The van der Waals surface area contributed by atoms with E-state index in [9.17, 15) is 14.7 Å². The van der Waals surface area contributed by atoms with Crippen LogP contribution in [0.2, 0.25) is 0 Å². The number of urea groups is 1. The Hall–Kier alpha value is -2.35. The molecule has 3 fully saturated rings. The number of aromatic carboxylic acids is 1. The summed E-state index contributed by atoms with van der Waals surface area (Å²) in [6.07, 6.45) is 6.96. The van der Waals surface area contributed by atoms with Gasteiger partial charge in [-0.2, -0.15) is 0 Å². The van der Waals surface area contributed by atoms with Crippen LogP contribution in [0.5, 0.6) is 5.75 Å². The zero-order chi connectivity index (χ0) is 20.4. The van der Waals surface area contributed by atoms with Crippen LogP contribution >= 0.6 is 0 Å². The largest absolute Gasteiger partial charge is 0.485 e. The summed E-state index contributed by atoms with van der Waals surface area (Å²) in [7, 11) is 0. The van der Waals surface area contributed by atoms with Crippen molar-refractivity contribution in [2.24, 2.45) is 0 Å². The van der Waals surface area contributed by atoms with Crippen molar-refractivity contribution < 1.29 is 19.4 Å². The lowest BCUT2D eigenvalue weighted by atomic mass is 9.91. The molecular weight excluding hydrogens is 372 g/mol. The van der Waals surface area contributed by atoms with Crippen LogP contribution in [0, 0.1) is 0 Å². The van der Waals surface area contributed by atoms with Crippen molar-refractivity contribution in [1.29, 1.82) is 0 Å². The number of carboxylic acid groups (broad SMARTS) is 1. The van der Waals surface area contributed by atoms with Crippen molar-refractivity contribution in [2.75, 3.05) is 39.3 Å². The van der Waals surface area contributed by atoms with Gasteiger partial charge in [-0.15, -0.1) is 0 Å². The van der Waals surface area contributed by atoms with Gasteiger partial charge in [-0.25, -0.2) is 14.6 Å². The Morgan fingerprint density at radius 2 is 1.93 bits per heavy atom. The van der Waals surface area contributed by atoms with Gasteiger partial charge in [0.05, 0.1) is 19.3 Å². The Labute approximate surface area is 171 Å². The van der Waals surface area contributed by atoms with E-state index in [2.05, 4.69) is 9.88 Å². The van der Waals surface area contributed by atoms with E-state index >= 15 is 0 Å². The van der Waals surface area contributed by atoms with Gasteiger partial charge in [0, 0.05) is 32.2 Å². The number of amides is 2. The molecule has 4 rings (SSSR count). The second-order valence-electron chi connectivity index (χ2n) is 8.23. The number of carboxylic acids is 1. The van der Waals surface area contributed by atoms with Crippen LogP contribution in [0.4, 0.5) is 4.79 Å². The van der Waals surface area contributed by atoms with Crippen molar-refractivity contribution in [3.8, 4) is 5.75 Å². The average molecular weight is 402 g/mol. The van der Waals surface area contributed by atoms with Gasteiger partial charge in [-0.3, -0.25) is 4.90 Å². The number of aryl methyl sites for hydroxylation is 1. The molecule has 1 aromatic heterocycles. The Bertz CT molecular complexity index is 761. The molecule has 2 aliphatic heterocycles. The van der Waals surface area contributed by atoms with Gasteiger partial charge in [0.25, 0.3) is 0 Å². The van der Waals surface area contributed by atoms with Gasteiger partial charge >= 0.3 is 12.0 Å². The summed E-state index contributed by atoms with van der Waals surface area (Å²) in [6, 6.07) is 2.58. The van der Waals surface area contributed by atoms with Gasteiger partial charge in [-0.05, 0) is 37.3 Å². The molecule has 0 unspecified atom stereocenters. The lowest BCUT2D eigenvalue weighted by molar-refractivity contribution is 0.0305. The molecule has 1 aromatic rings. The first-order valence-electron chi connectivity index (χ1n) is 10.7. The Balaban J connectivity index is 1.26. The number of aromatic nitrogens is 1. The predicted molar refractivity (Wildman–Crippen MR) is 107 cm³/mol. The lowest BCUT2D eigenvalue weighted by Gasteiger charge is -2.41. The van der Waals surface area contributed by atoms with E-state index in [0.717, 1.165) is 38.6 Å². The number of hydrogen-bond acceptors (Lipinski definition) is 5. The third kappa shape index (κ3) is 4.32. The highest BCUT2D eigenvalue weighted by Crippen LogP contribution is 2.26. The van der Waals surface area contributed by atoms with E-state index < -0.39 is 5.97 Å². The normalized spacial score (nSPS) is 21.3. The van der Waals surface area contributed by atoms with Crippen LogP contribution in [0.3, 0.4) is 0 Å². The molecule has 1 saturated carbocycles. The Morgan fingerprint density at radius 3 is 2.59 bits per heavy atom. The SMILES string of the molecule is CCc1cc(OC2CN(C(=O)N3CCCN(C4CCC4)CC3)C2)cnc1C(=O)O. The van der Waals surface area contributed by atoms with Crippen LogP contribution in [-0.2, 0) is 6.42 Å². The first-order valence-corrected chi connectivity index (χ1v) is 10.7. The first kappa shape index (κ1) is 19.9. The topological polar surface area (TPSA) is 86.2 Å². The van der Waals surface area contributed by atoms with Crippen molar-refractivity contribution >= 4 is 12.0 Å². The molecule has 3 heterocycles. The fourth-order valence-electron chi connectivity index (χ4n) is 4.32. The minimum atomic E-state index is -1.03. The standard InChI is InChI=1S/C21H30N4O4/c1-2-15-11-17(12-22-19(15)20(26)27)29-18-13-25(14-18)21(28)24-8-4-7-23(9-10-24)16-5-3-6-16/h11-12,16,18H,2-10,13-14H2,1H3,(H,26,27). The molecule has 0 aromatic carbocycles. The molecule has 3 aliphatic rings. The van der Waals surface area contributed by atoms with Crippen LogP contribution in [0.1, 0.15) is 48.7 Å². The highest BCUT2D eigenvalue weighted by Gasteiger charge is 2.36. The smallest absolute Gasteiger partial charge is 0.354 e. The zero-order valence-electron chi connectivity index (χ0n) is 17.0. The number of rotatable bonds is 5. The molecule has 0 radical (unpaired) electrons. The predicted octanol–water partition coefficient (Wildman–Crippen LogP) is 2.09. The highest BCUT2D eigenvalue weighted by molar-refractivity contribution is 5.87. The molecule has 1 N–H and O–H groups in total. The number of ether oxygens (including phenoxy) is 1. The summed E-state index contributed by atoms with van der Waals surface area (Å²) in [4.78, 5) is 34.4. The van der Waals surface area contributed by atoms with Crippen LogP contribution in [-0.4, -0.2) is 88.2 Å². The van der Waals surface area contributed by atoms with E-state index in [-0.39, 0.29) is 17.8 Å². The minimum absolute atomic E-state index is 0.0698. The highest BCUT2D eigenvalue weighted by atomic mass is 16.5. The van der Waals surface area contributed by atoms with Gasteiger partial charge in [0.15, 0.2) is 5.69 Å². The third-order valence-electron chi connectivity index (χ3n) is 6.34. The first-order chi connectivity index (χ1) is 14.0. The number of likely N-dealkylation sites (tertiary alicyclic amines) is 1. The van der Waals surface area contributed by atoms with Crippen LogP contribution in [0.25, 0.3) is 0 Å². The summed E-state index contributed by atoms with van der Waals surface area (Å²) in [6.45, 7) is 6.71. The van der Waals surface area contributed by atoms with E-state index in [1.807, 2.05) is 16.7 Å². The van der Waals surface area contributed by atoms with Crippen LogP contribution in [0.15, 0.2) is 12.3 Å². The summed E-state index contributed by atoms with van der Waals surface area (Å²) in [5.74, 6) is -0.461. The molecule has 8 heteroatoms. The van der Waals surface area contributed by atoms with Crippen LogP contribution < -0.4 is 4.74 Å². The van der Waals surface area contributed by atoms with Crippen molar-refractivity contribution in [1.82, 2.24) is 19.7 Å². The zero-order valence-corrected chi connectivity index (χ0v) is 17.0. The van der Waals surface area contributed by atoms with E-state index in [0.29, 0.717) is 30.8 Å². The Kier molecular flexibility index (Phi) is 5.89. The molecule has 8 nitrogen and oxygen atoms in total. The molecular formula is C21H30N4O4. The summed E-state index contributed by atoms with van der Waals surface area (Å²) >= 11 is 0. The molecule has 2 saturated heterocycles. The molecule has 0 atom stereocenters. The van der Waals surface area contributed by atoms with Crippen molar-refractivity contribution in [3.05, 3.63) is 23.5 Å². The van der Waals surface area contributed by atoms with Crippen molar-refractivity contribution in [3.63, 3.8) is 0 Å². The molecule has 158 valence electrons. The molecule has 2 amide bonds. The fraction of sp³-hybridized carbons (Fsp3) is 0.667. The van der Waals surface area contributed by atoms with E-state index in [1.54, 1.807) is 6.07 Å². The molecule has 1 aliphatic carbocycles. The maximum absolute atomic E-state index is 12.8. The number of carbonyl (C=O) groups is 2. The minimum Gasteiger partial charge on any atom is -0.485 e. The third-order valence-corrected chi connectivity index (χ3v) is 6.34. The monoisotopic (exact) mass is 402 g/mol. The summed E-state index contributed by atoms with van der Waals surface area (Å²) in [5.41, 5.74) is 0.727. The van der Waals surface area contributed by atoms with Gasteiger partial charge < -0.3 is 19.6 Å². The van der Waals surface area contributed by atoms with Gasteiger partial charge in [0.1, 0.15) is 11.9 Å². The molecule has 0 bridgehead atoms. The summed E-state index contributed by atoms with van der Waals surface area (Å²) < 4.78 is 5.91. The number of hydrogen-bond donors (Lipinski definition) is 1. The maximum Gasteiger partial charge on any atom is 0.354 e. The van der Waals surface area contributed by atoms with E-state index in [4.69, 9.17) is 4.74 Å². The maximum atomic E-state index is 12.8. The Morgan fingerprint density at radius 1 is 1.14 bits per heavy atom. The lowest BCUT2D eigenvalue weighted by Crippen LogP contribution is -2.60. The fourth-order valence-corrected chi connectivity index (χ4v) is 4.32. The quantitative estimate of drug-likeness (QED) is 0.812. The van der Waals surface area contributed by atoms with Crippen molar-refractivity contribution in [2.45, 2.75) is 51.2 Å². The number of nitrogens with zero attached hydrogens (tertiary/aromatic N) is 4. The van der Waals surface area contributed by atoms with E-state index in [1.165, 1.54) is 25.5 Å². The number of pyridine rings is 1. The number of carbonyl (C=O) groups excluding carboxylic acids is 1. The second kappa shape index (κ2) is 8.57. The average Bonchev–Trinajstić information content (AvgIpc) is 2.88. The second-order valence-corrected chi connectivity index (χ2v) is 8.23. The molecule has 29 heavy (non-hydrogen) atoms. The summed E-state index contributed by atoms with van der Waals surface area (Å²) in [5, 5.41) is 9.18. The van der Waals surface area contributed by atoms with Gasteiger partial charge in [-0.1, -0.05) is 13.3 Å². The molecule has 0 spiro atoms. The van der Waals surface area contributed by atoms with Gasteiger partial charge in [0.2, 0.25) is 0 Å².